The Morgan fingerprint density at radius 2 is 2.33 bits per heavy atom. The first-order valence-electron chi connectivity index (χ1n) is 7.08. The number of hydrogen-bond acceptors (Lipinski definition) is 3. The molecule has 0 saturated heterocycles. The van der Waals surface area contributed by atoms with E-state index in [1.807, 2.05) is 4.57 Å². The average Bonchev–Trinajstić information content (AvgIpc) is 2.89. The van der Waals surface area contributed by atoms with Crippen molar-refractivity contribution in [3.05, 3.63) is 30.1 Å². The number of ketones is 1. The predicted octanol–water partition coefficient (Wildman–Crippen LogP) is 3.01. The molecule has 1 aliphatic carbocycles. The van der Waals surface area contributed by atoms with Gasteiger partial charge in [0.25, 0.3) is 0 Å². The number of nitrogens with zero attached hydrogens (tertiary/aromatic N) is 3. The summed E-state index contributed by atoms with van der Waals surface area (Å²) < 4.78 is 15.5. The molecular formula is C16H16FN3O. The van der Waals surface area contributed by atoms with Crippen molar-refractivity contribution in [1.29, 1.82) is 5.26 Å². The van der Waals surface area contributed by atoms with Crippen molar-refractivity contribution in [2.75, 3.05) is 6.67 Å². The van der Waals surface area contributed by atoms with Gasteiger partial charge in [-0.05, 0) is 31.0 Å². The van der Waals surface area contributed by atoms with Gasteiger partial charge in [-0.1, -0.05) is 0 Å². The van der Waals surface area contributed by atoms with Gasteiger partial charge in [0.05, 0.1) is 35.7 Å². The highest BCUT2D eigenvalue weighted by Gasteiger charge is 2.36. The lowest BCUT2D eigenvalue weighted by Crippen LogP contribution is -2.35. The summed E-state index contributed by atoms with van der Waals surface area (Å²) in [5.41, 5.74) is 1.54. The average molecular weight is 285 g/mol. The first-order valence-corrected chi connectivity index (χ1v) is 7.08. The Morgan fingerprint density at radius 3 is 3.05 bits per heavy atom. The standard InChI is InChI=1S/C16H16FN3O/c17-9-16(5-1-2-13(21)7-16)10-20-11-19-14-4-3-12(8-18)6-15(14)20/h3-4,6,11H,1-2,5,7,9-10H2. The van der Waals surface area contributed by atoms with E-state index in [4.69, 9.17) is 5.26 Å². The molecule has 0 amide bonds. The number of rotatable bonds is 3. The summed E-state index contributed by atoms with van der Waals surface area (Å²) in [6.07, 6.45) is 3.99. The molecule has 3 rings (SSSR count). The van der Waals surface area contributed by atoms with Crippen molar-refractivity contribution in [2.45, 2.75) is 32.2 Å². The number of carbonyl (C=O) groups excluding carboxylic acids is 1. The van der Waals surface area contributed by atoms with E-state index in [9.17, 15) is 9.18 Å². The van der Waals surface area contributed by atoms with Crippen molar-refractivity contribution in [2.24, 2.45) is 5.41 Å². The van der Waals surface area contributed by atoms with Crippen molar-refractivity contribution >= 4 is 16.8 Å². The molecule has 5 heteroatoms. The van der Waals surface area contributed by atoms with Crippen molar-refractivity contribution in [3.8, 4) is 6.07 Å². The van der Waals surface area contributed by atoms with E-state index < -0.39 is 12.1 Å². The molecule has 1 aliphatic rings. The molecule has 1 aromatic carbocycles. The number of alkyl halides is 1. The zero-order valence-corrected chi connectivity index (χ0v) is 11.7. The Balaban J connectivity index is 1.96. The fourth-order valence-electron chi connectivity index (χ4n) is 3.16. The Kier molecular flexibility index (Phi) is 3.46. The fraction of sp³-hybridized carbons (Fsp3) is 0.438. The summed E-state index contributed by atoms with van der Waals surface area (Å²) in [5.74, 6) is 0.140. The first-order chi connectivity index (χ1) is 10.2. The fourth-order valence-corrected chi connectivity index (χ4v) is 3.16. The van der Waals surface area contributed by atoms with Crippen LogP contribution in [0.4, 0.5) is 4.39 Å². The number of Topliss-reactive ketones (excluding diaryl/α,β-unsaturated/α-hetero) is 1. The van der Waals surface area contributed by atoms with Gasteiger partial charge in [0.15, 0.2) is 0 Å². The van der Waals surface area contributed by atoms with E-state index >= 15 is 0 Å². The first kappa shape index (κ1) is 13.7. The third kappa shape index (κ3) is 2.54. The summed E-state index contributed by atoms with van der Waals surface area (Å²) in [5, 5.41) is 8.99. The second-order valence-electron chi connectivity index (χ2n) is 5.89. The molecule has 1 aromatic heterocycles. The van der Waals surface area contributed by atoms with Crippen LogP contribution in [-0.2, 0) is 11.3 Å². The van der Waals surface area contributed by atoms with Crippen LogP contribution in [0, 0.1) is 16.7 Å². The number of halogens is 1. The molecule has 0 aliphatic heterocycles. The molecule has 0 N–H and O–H groups in total. The number of carbonyl (C=O) groups is 1. The van der Waals surface area contributed by atoms with Crippen LogP contribution >= 0.6 is 0 Å². The Bertz CT molecular complexity index is 731. The number of benzene rings is 1. The van der Waals surface area contributed by atoms with Gasteiger partial charge in [0, 0.05) is 24.8 Å². The minimum atomic E-state index is -0.619. The summed E-state index contributed by atoms with van der Waals surface area (Å²) in [4.78, 5) is 16.0. The second kappa shape index (κ2) is 5.28. The van der Waals surface area contributed by atoms with Gasteiger partial charge < -0.3 is 4.57 Å². The molecule has 1 saturated carbocycles. The highest BCUT2D eigenvalue weighted by atomic mass is 19.1. The largest absolute Gasteiger partial charge is 0.330 e. The quantitative estimate of drug-likeness (QED) is 0.871. The molecule has 1 unspecified atom stereocenters. The van der Waals surface area contributed by atoms with Gasteiger partial charge in [-0.2, -0.15) is 5.26 Å². The molecule has 108 valence electrons. The summed E-state index contributed by atoms with van der Waals surface area (Å²) in [6.45, 7) is -0.0724. The van der Waals surface area contributed by atoms with Crippen LogP contribution in [0.1, 0.15) is 31.2 Å². The van der Waals surface area contributed by atoms with Gasteiger partial charge in [0.1, 0.15) is 5.78 Å². The molecule has 0 bridgehead atoms. The molecule has 0 radical (unpaired) electrons. The molecule has 21 heavy (non-hydrogen) atoms. The highest BCUT2D eigenvalue weighted by Crippen LogP contribution is 2.37. The molecular weight excluding hydrogens is 269 g/mol. The van der Waals surface area contributed by atoms with E-state index in [1.54, 1.807) is 24.5 Å². The molecule has 0 spiro atoms. The number of imidazole rings is 1. The van der Waals surface area contributed by atoms with Crippen LogP contribution in [0.25, 0.3) is 11.0 Å². The molecule has 1 atom stereocenters. The summed E-state index contributed by atoms with van der Waals surface area (Å²) in [6, 6.07) is 7.37. The zero-order chi connectivity index (χ0) is 14.9. The van der Waals surface area contributed by atoms with E-state index in [1.165, 1.54) is 0 Å². The highest BCUT2D eigenvalue weighted by molar-refractivity contribution is 5.80. The molecule has 1 heterocycles. The third-order valence-corrected chi connectivity index (χ3v) is 4.27. The lowest BCUT2D eigenvalue weighted by molar-refractivity contribution is -0.124. The van der Waals surface area contributed by atoms with Gasteiger partial charge in [-0.15, -0.1) is 0 Å². The van der Waals surface area contributed by atoms with Gasteiger partial charge >= 0.3 is 0 Å². The van der Waals surface area contributed by atoms with Crippen LogP contribution < -0.4 is 0 Å². The van der Waals surface area contributed by atoms with Crippen molar-refractivity contribution in [3.63, 3.8) is 0 Å². The second-order valence-corrected chi connectivity index (χ2v) is 5.89. The number of aromatic nitrogens is 2. The molecule has 1 fully saturated rings. The number of fused-ring (bicyclic) bond motifs is 1. The lowest BCUT2D eigenvalue weighted by atomic mass is 9.74. The van der Waals surface area contributed by atoms with E-state index in [0.717, 1.165) is 17.5 Å². The van der Waals surface area contributed by atoms with Gasteiger partial charge in [-0.3, -0.25) is 9.18 Å². The molecule has 2 aromatic rings. The maximum absolute atomic E-state index is 13.6. The monoisotopic (exact) mass is 285 g/mol. The number of hydrogen-bond donors (Lipinski definition) is 0. The van der Waals surface area contributed by atoms with Crippen LogP contribution in [0.2, 0.25) is 0 Å². The zero-order valence-electron chi connectivity index (χ0n) is 11.7. The maximum atomic E-state index is 13.6. The third-order valence-electron chi connectivity index (χ3n) is 4.27. The van der Waals surface area contributed by atoms with Crippen molar-refractivity contribution < 1.29 is 9.18 Å². The van der Waals surface area contributed by atoms with Crippen LogP contribution in [0.5, 0.6) is 0 Å². The van der Waals surface area contributed by atoms with E-state index in [0.29, 0.717) is 31.4 Å². The van der Waals surface area contributed by atoms with E-state index in [2.05, 4.69) is 11.1 Å². The van der Waals surface area contributed by atoms with Gasteiger partial charge in [-0.25, -0.2) is 4.98 Å². The smallest absolute Gasteiger partial charge is 0.133 e. The van der Waals surface area contributed by atoms with Crippen LogP contribution in [-0.4, -0.2) is 22.0 Å². The lowest BCUT2D eigenvalue weighted by Gasteiger charge is -2.34. The Labute approximate surface area is 122 Å². The van der Waals surface area contributed by atoms with Crippen LogP contribution in [0.3, 0.4) is 0 Å². The Morgan fingerprint density at radius 1 is 1.48 bits per heavy atom. The predicted molar refractivity (Wildman–Crippen MR) is 76.3 cm³/mol. The minimum absolute atomic E-state index is 0.140. The van der Waals surface area contributed by atoms with Gasteiger partial charge in [0.2, 0.25) is 0 Å². The minimum Gasteiger partial charge on any atom is -0.330 e. The van der Waals surface area contributed by atoms with Crippen molar-refractivity contribution in [1.82, 2.24) is 9.55 Å². The SMILES string of the molecule is N#Cc1ccc2ncn(CC3(CF)CCCC(=O)C3)c2c1. The molecule has 4 nitrogen and oxygen atoms in total. The number of nitriles is 1. The maximum Gasteiger partial charge on any atom is 0.133 e. The Hall–Kier alpha value is -2.22. The summed E-state index contributed by atoms with van der Waals surface area (Å²) >= 11 is 0. The van der Waals surface area contributed by atoms with E-state index in [-0.39, 0.29) is 5.78 Å². The normalized spacial score (nSPS) is 22.4. The topological polar surface area (TPSA) is 58.7 Å². The summed E-state index contributed by atoms with van der Waals surface area (Å²) in [7, 11) is 0. The van der Waals surface area contributed by atoms with Crippen LogP contribution in [0.15, 0.2) is 24.5 Å².